The normalized spacial score (nSPS) is 30.4. The van der Waals surface area contributed by atoms with Crippen LogP contribution in [0, 0.1) is 5.92 Å². The molecule has 17 heteroatoms. The zero-order chi connectivity index (χ0) is 41.9. The van der Waals surface area contributed by atoms with Crippen LogP contribution in [0.2, 0.25) is 0 Å². The highest BCUT2D eigenvalue weighted by Gasteiger charge is 2.65. The van der Waals surface area contributed by atoms with Gasteiger partial charge in [-0.25, -0.2) is 27.0 Å². The summed E-state index contributed by atoms with van der Waals surface area (Å²) in [5.41, 5.74) is -2.83. The SMILES string of the molecule is CCC(C)N(C(=O)O)[C@H]1CCCCC/C=C\[C@@H]2C[C@@]2(C(=O)NS(=O)(=O)C2(C)CC2)NC(=O)[C@@H]2C[C@]3(CCc4c(c(C(F)F)nc5ccc(OC)cc45)O3)C(C)N2C1=O. The van der Waals surface area contributed by atoms with Gasteiger partial charge in [0.2, 0.25) is 21.8 Å². The van der Waals surface area contributed by atoms with Crippen LogP contribution >= 0.6 is 0 Å². The van der Waals surface area contributed by atoms with E-state index in [-0.39, 0.29) is 37.9 Å². The first kappa shape index (κ1) is 41.6. The maximum absolute atomic E-state index is 15.2. The van der Waals surface area contributed by atoms with Crippen LogP contribution in [0.15, 0.2) is 30.4 Å². The molecule has 7 rings (SSSR count). The number of halogens is 2. The number of nitrogens with one attached hydrogen (secondary N) is 2. The molecular formula is C41H53F2N5O9S. The van der Waals surface area contributed by atoms with Gasteiger partial charge >= 0.3 is 6.09 Å². The van der Waals surface area contributed by atoms with Gasteiger partial charge < -0.3 is 24.8 Å². The molecule has 2 unspecified atom stereocenters. The molecule has 3 aliphatic heterocycles. The summed E-state index contributed by atoms with van der Waals surface area (Å²) in [6.07, 6.45) is 3.58. The number of methoxy groups -OCH3 is 1. The van der Waals surface area contributed by atoms with Gasteiger partial charge in [0.1, 0.15) is 34.7 Å². The van der Waals surface area contributed by atoms with E-state index >= 15 is 4.79 Å². The molecule has 58 heavy (non-hydrogen) atoms. The molecule has 0 bridgehead atoms. The van der Waals surface area contributed by atoms with Crippen molar-refractivity contribution in [3.05, 3.63) is 41.6 Å². The second-order valence-corrected chi connectivity index (χ2v) is 19.2. The molecule has 1 saturated heterocycles. The number of pyridine rings is 1. The highest BCUT2D eigenvalue weighted by atomic mass is 32.2. The third kappa shape index (κ3) is 7.14. The molecule has 1 aromatic heterocycles. The number of benzene rings is 1. The zero-order valence-corrected chi connectivity index (χ0v) is 34.4. The summed E-state index contributed by atoms with van der Waals surface area (Å²) in [4.78, 5) is 63.7. The molecular weight excluding hydrogens is 777 g/mol. The van der Waals surface area contributed by atoms with Gasteiger partial charge in [-0.1, -0.05) is 31.9 Å². The number of carbonyl (C=O) groups excluding carboxylic acids is 3. The van der Waals surface area contributed by atoms with Crippen molar-refractivity contribution in [2.45, 2.75) is 151 Å². The molecule has 14 nitrogen and oxygen atoms in total. The summed E-state index contributed by atoms with van der Waals surface area (Å²) < 4.78 is 69.4. The number of allylic oxidation sites excluding steroid dienone is 1. The Hall–Kier alpha value is -4.54. The Bertz CT molecular complexity index is 2150. The van der Waals surface area contributed by atoms with Crippen molar-refractivity contribution in [2.24, 2.45) is 5.92 Å². The largest absolute Gasteiger partial charge is 0.497 e. The van der Waals surface area contributed by atoms with Gasteiger partial charge in [0.25, 0.3) is 12.3 Å². The maximum atomic E-state index is 15.2. The van der Waals surface area contributed by atoms with Crippen LogP contribution in [0.5, 0.6) is 11.5 Å². The van der Waals surface area contributed by atoms with Crippen molar-refractivity contribution in [2.75, 3.05) is 7.11 Å². The number of ether oxygens (including phenoxy) is 2. The van der Waals surface area contributed by atoms with Crippen molar-refractivity contribution in [3.63, 3.8) is 0 Å². The average molecular weight is 830 g/mol. The van der Waals surface area contributed by atoms with Crippen molar-refractivity contribution >= 4 is 44.7 Å². The van der Waals surface area contributed by atoms with E-state index in [0.717, 1.165) is 4.90 Å². The topological polar surface area (TPSA) is 185 Å². The van der Waals surface area contributed by atoms with E-state index in [1.54, 1.807) is 39.0 Å². The third-order valence-electron chi connectivity index (χ3n) is 13.4. The van der Waals surface area contributed by atoms with Crippen LogP contribution in [0.1, 0.15) is 116 Å². The fourth-order valence-electron chi connectivity index (χ4n) is 9.14. The van der Waals surface area contributed by atoms with Crippen LogP contribution in [0.4, 0.5) is 13.6 Å². The predicted octanol–water partition coefficient (Wildman–Crippen LogP) is 5.78. The number of amides is 4. The molecule has 0 radical (unpaired) electrons. The molecule has 316 valence electrons. The van der Waals surface area contributed by atoms with E-state index in [0.29, 0.717) is 67.2 Å². The van der Waals surface area contributed by atoms with Crippen LogP contribution in [0.3, 0.4) is 0 Å². The monoisotopic (exact) mass is 829 g/mol. The van der Waals surface area contributed by atoms with Gasteiger partial charge in [0.05, 0.1) is 23.4 Å². The molecule has 1 spiro atoms. The average Bonchev–Trinajstić information content (AvgIpc) is 4.09. The highest BCUT2D eigenvalue weighted by Crippen LogP contribution is 2.51. The number of carboxylic acid groups (broad SMARTS) is 1. The number of carbonyl (C=O) groups is 4. The van der Waals surface area contributed by atoms with E-state index in [9.17, 15) is 36.7 Å². The second kappa shape index (κ2) is 15.2. The summed E-state index contributed by atoms with van der Waals surface area (Å²) in [5.74, 6) is -2.47. The van der Waals surface area contributed by atoms with E-state index in [4.69, 9.17) is 9.47 Å². The van der Waals surface area contributed by atoms with E-state index in [1.165, 1.54) is 12.0 Å². The molecule has 1 aromatic carbocycles. The molecule has 2 aliphatic carbocycles. The number of rotatable bonds is 8. The summed E-state index contributed by atoms with van der Waals surface area (Å²) in [7, 11) is -2.59. The fourth-order valence-corrected chi connectivity index (χ4v) is 10.5. The van der Waals surface area contributed by atoms with E-state index in [2.05, 4.69) is 15.0 Å². The lowest BCUT2D eigenvalue weighted by atomic mass is 9.83. The number of alkyl halides is 2. The molecule has 4 heterocycles. The number of aryl methyl sites for hydroxylation is 1. The number of fused-ring (bicyclic) bond motifs is 5. The minimum Gasteiger partial charge on any atom is -0.497 e. The van der Waals surface area contributed by atoms with Gasteiger partial charge in [-0.2, -0.15) is 0 Å². The second-order valence-electron chi connectivity index (χ2n) is 17.0. The van der Waals surface area contributed by atoms with Crippen molar-refractivity contribution < 1.29 is 51.0 Å². The first-order valence-electron chi connectivity index (χ1n) is 20.3. The number of hydrogen-bond acceptors (Lipinski definition) is 9. The zero-order valence-electron chi connectivity index (χ0n) is 33.6. The van der Waals surface area contributed by atoms with E-state index in [1.807, 2.05) is 19.1 Å². The molecule has 3 N–H and O–H groups in total. The summed E-state index contributed by atoms with van der Waals surface area (Å²) in [6.45, 7) is 6.75. The molecule has 5 aliphatic rings. The van der Waals surface area contributed by atoms with Crippen LogP contribution in [-0.2, 0) is 30.8 Å². The minimum atomic E-state index is -4.08. The van der Waals surface area contributed by atoms with E-state index < -0.39 is 91.9 Å². The molecule has 2 aromatic rings. The number of aromatic nitrogens is 1. The van der Waals surface area contributed by atoms with Gasteiger partial charge in [-0.05, 0) is 96.8 Å². The molecule has 7 atom stereocenters. The Balaban J connectivity index is 1.32. The van der Waals surface area contributed by atoms with Crippen LogP contribution in [-0.4, -0.2) is 99.3 Å². The highest BCUT2D eigenvalue weighted by molar-refractivity contribution is 7.91. The number of nitrogens with zero attached hydrogens (tertiary/aromatic N) is 3. The maximum Gasteiger partial charge on any atom is 0.408 e. The fraction of sp³-hybridized carbons (Fsp3) is 0.634. The van der Waals surface area contributed by atoms with Gasteiger partial charge in [-0.15, -0.1) is 0 Å². The Morgan fingerprint density at radius 2 is 1.91 bits per heavy atom. The predicted molar refractivity (Wildman–Crippen MR) is 209 cm³/mol. The lowest BCUT2D eigenvalue weighted by Crippen LogP contribution is -2.61. The number of hydrogen-bond donors (Lipinski definition) is 3. The van der Waals surface area contributed by atoms with Gasteiger partial charge in [0.15, 0.2) is 5.75 Å². The lowest BCUT2D eigenvalue weighted by Gasteiger charge is -2.42. The van der Waals surface area contributed by atoms with Gasteiger partial charge in [-0.3, -0.25) is 24.0 Å². The summed E-state index contributed by atoms with van der Waals surface area (Å²) >= 11 is 0. The first-order chi connectivity index (χ1) is 27.4. The van der Waals surface area contributed by atoms with Crippen molar-refractivity contribution in [1.29, 1.82) is 0 Å². The Kier molecular flexibility index (Phi) is 10.9. The first-order valence-corrected chi connectivity index (χ1v) is 21.8. The van der Waals surface area contributed by atoms with Crippen LogP contribution < -0.4 is 19.5 Å². The standard InChI is InChI=1S/C41H53F2N5O9S/c1-6-23(2)47(38(52)53)30-13-11-9-7-8-10-12-25-21-41(25,37(51)46-58(54,55)39(4)18-19-39)45-35(49)31-22-40(24(3)48(31)36(30)50)17-16-27-28-20-26(56-5)14-15-29(28)44-32(34(42)43)33(27)57-40/h10,12,14-15,20,23-25,30-31,34H,6-9,11,13,16-19,21-22H2,1-5H3,(H,45,49)(H,46,51)(H,52,53)/b12-10-/t23?,24?,25-,30+,31+,40-,41-/m1/s1. The van der Waals surface area contributed by atoms with Crippen molar-refractivity contribution in [3.8, 4) is 11.5 Å². The summed E-state index contributed by atoms with van der Waals surface area (Å²) in [5, 5.41) is 13.9. The summed E-state index contributed by atoms with van der Waals surface area (Å²) in [6, 6.07) is 0.871. The quantitative estimate of drug-likeness (QED) is 0.276. The Morgan fingerprint density at radius 3 is 2.57 bits per heavy atom. The number of sulfonamides is 1. The van der Waals surface area contributed by atoms with Gasteiger partial charge in [0, 0.05) is 29.3 Å². The lowest BCUT2D eigenvalue weighted by molar-refractivity contribution is -0.146. The minimum absolute atomic E-state index is 0.113. The Morgan fingerprint density at radius 1 is 1.17 bits per heavy atom. The van der Waals surface area contributed by atoms with Crippen molar-refractivity contribution in [1.82, 2.24) is 24.8 Å². The molecule has 4 amide bonds. The van der Waals surface area contributed by atoms with Crippen LogP contribution in [0.25, 0.3) is 10.9 Å². The third-order valence-corrected chi connectivity index (χ3v) is 15.6. The molecule has 2 saturated carbocycles. The smallest absolute Gasteiger partial charge is 0.408 e. The molecule has 3 fully saturated rings. The Labute approximate surface area is 337 Å².